The van der Waals surface area contributed by atoms with Crippen LogP contribution in [0.15, 0.2) is 42.5 Å². The van der Waals surface area contributed by atoms with Gasteiger partial charge in [0.1, 0.15) is 11.5 Å². The van der Waals surface area contributed by atoms with Crippen LogP contribution in [0.3, 0.4) is 0 Å². The van der Waals surface area contributed by atoms with E-state index in [0.29, 0.717) is 18.0 Å². The average molecular weight is 328 g/mol. The van der Waals surface area contributed by atoms with E-state index in [0.717, 1.165) is 5.56 Å². The molecule has 0 radical (unpaired) electrons. The first-order valence-corrected chi connectivity index (χ1v) is 7.60. The van der Waals surface area contributed by atoms with Crippen molar-refractivity contribution in [2.24, 2.45) is 0 Å². The summed E-state index contributed by atoms with van der Waals surface area (Å²) in [5.41, 5.74) is 1.56. The van der Waals surface area contributed by atoms with Crippen LogP contribution < -0.4 is 15.4 Å². The highest BCUT2D eigenvalue weighted by molar-refractivity contribution is 6.06. The lowest BCUT2D eigenvalue weighted by Crippen LogP contribution is -2.28. The highest BCUT2D eigenvalue weighted by Crippen LogP contribution is 2.22. The van der Waals surface area contributed by atoms with Crippen molar-refractivity contribution in [1.82, 2.24) is 5.32 Å². The zero-order chi connectivity index (χ0) is 17.5. The molecule has 0 aliphatic heterocycles. The lowest BCUT2D eigenvalue weighted by molar-refractivity contribution is -0.122. The number of carbonyl (C=O) groups is 2. The van der Waals surface area contributed by atoms with Crippen LogP contribution in [0.1, 0.15) is 22.8 Å². The predicted molar refractivity (Wildman–Crippen MR) is 91.4 cm³/mol. The number of carbonyl (C=O) groups excluding carboxylic acids is 2. The van der Waals surface area contributed by atoms with E-state index in [1.54, 1.807) is 36.4 Å². The molecule has 2 aromatic carbocycles. The topological polar surface area (TPSA) is 87.7 Å². The van der Waals surface area contributed by atoms with Crippen molar-refractivity contribution in [1.29, 1.82) is 0 Å². The molecule has 0 aromatic heterocycles. The van der Waals surface area contributed by atoms with Gasteiger partial charge in [-0.2, -0.15) is 0 Å². The minimum Gasteiger partial charge on any atom is -0.507 e. The van der Waals surface area contributed by atoms with E-state index in [2.05, 4.69) is 10.6 Å². The van der Waals surface area contributed by atoms with Crippen molar-refractivity contribution >= 4 is 17.5 Å². The van der Waals surface area contributed by atoms with Gasteiger partial charge < -0.3 is 20.5 Å². The van der Waals surface area contributed by atoms with Gasteiger partial charge in [-0.3, -0.25) is 9.59 Å². The number of likely N-dealkylation sites (N-methyl/N-ethyl adjacent to an activating group) is 1. The summed E-state index contributed by atoms with van der Waals surface area (Å²) in [6.45, 7) is 4.10. The van der Waals surface area contributed by atoms with E-state index in [-0.39, 0.29) is 23.8 Å². The van der Waals surface area contributed by atoms with Crippen LogP contribution in [0.4, 0.5) is 5.69 Å². The molecule has 24 heavy (non-hydrogen) atoms. The smallest absolute Gasteiger partial charge is 0.259 e. The monoisotopic (exact) mass is 328 g/mol. The maximum atomic E-state index is 12.2. The van der Waals surface area contributed by atoms with Crippen LogP contribution in [0.2, 0.25) is 0 Å². The molecule has 0 aliphatic carbocycles. The van der Waals surface area contributed by atoms with Gasteiger partial charge in [0.25, 0.3) is 11.8 Å². The Labute approximate surface area is 140 Å². The Balaban J connectivity index is 2.03. The first-order chi connectivity index (χ1) is 11.5. The Hall–Kier alpha value is -3.02. The number of phenols is 1. The highest BCUT2D eigenvalue weighted by atomic mass is 16.5. The molecule has 2 amide bonds. The molecule has 6 heteroatoms. The number of hydrogen-bond donors (Lipinski definition) is 3. The van der Waals surface area contributed by atoms with Crippen LogP contribution in [0.5, 0.6) is 11.5 Å². The maximum Gasteiger partial charge on any atom is 0.259 e. The minimum absolute atomic E-state index is 0.0730. The molecule has 0 saturated carbocycles. The Morgan fingerprint density at radius 1 is 1.17 bits per heavy atom. The molecule has 0 saturated heterocycles. The summed E-state index contributed by atoms with van der Waals surface area (Å²) in [7, 11) is 0. The van der Waals surface area contributed by atoms with Gasteiger partial charge in [0, 0.05) is 18.3 Å². The van der Waals surface area contributed by atoms with Gasteiger partial charge in [-0.1, -0.05) is 12.1 Å². The molecule has 0 heterocycles. The van der Waals surface area contributed by atoms with Gasteiger partial charge >= 0.3 is 0 Å². The molecule has 0 unspecified atom stereocenters. The molecular formula is C18H20N2O4. The number of rotatable bonds is 6. The molecule has 0 atom stereocenters. The first-order valence-electron chi connectivity index (χ1n) is 7.60. The molecule has 0 bridgehead atoms. The standard InChI is InChI=1S/C18H20N2O4/c1-3-19-17(22)11-24-14-6-4-5-13(10-14)20-18(23)15-8-7-12(2)9-16(15)21/h4-10,21H,3,11H2,1-2H3,(H,19,22)(H,20,23). The van der Waals surface area contributed by atoms with Crippen molar-refractivity contribution in [2.45, 2.75) is 13.8 Å². The second kappa shape index (κ2) is 8.01. The van der Waals surface area contributed by atoms with Crippen molar-refractivity contribution in [3.63, 3.8) is 0 Å². The summed E-state index contributed by atoms with van der Waals surface area (Å²) in [6.07, 6.45) is 0. The number of amides is 2. The molecular weight excluding hydrogens is 308 g/mol. The number of aromatic hydroxyl groups is 1. The number of aryl methyl sites for hydroxylation is 1. The van der Waals surface area contributed by atoms with E-state index in [1.807, 2.05) is 13.8 Å². The fourth-order valence-corrected chi connectivity index (χ4v) is 2.09. The van der Waals surface area contributed by atoms with Crippen molar-refractivity contribution < 1.29 is 19.4 Å². The lowest BCUT2D eigenvalue weighted by Gasteiger charge is -2.10. The predicted octanol–water partition coefficient (Wildman–Crippen LogP) is 2.47. The number of phenolic OH excluding ortho intramolecular Hbond substituents is 1. The molecule has 126 valence electrons. The molecule has 3 N–H and O–H groups in total. The molecule has 2 rings (SSSR count). The van der Waals surface area contributed by atoms with E-state index in [1.165, 1.54) is 6.07 Å². The number of nitrogens with one attached hydrogen (secondary N) is 2. The Bertz CT molecular complexity index is 744. The van der Waals surface area contributed by atoms with Crippen LogP contribution >= 0.6 is 0 Å². The fraction of sp³-hybridized carbons (Fsp3) is 0.222. The minimum atomic E-state index is -0.423. The number of hydrogen-bond acceptors (Lipinski definition) is 4. The lowest BCUT2D eigenvalue weighted by atomic mass is 10.1. The first kappa shape index (κ1) is 17.3. The fourth-order valence-electron chi connectivity index (χ4n) is 2.09. The molecule has 0 fully saturated rings. The van der Waals surface area contributed by atoms with Crippen molar-refractivity contribution in [3.05, 3.63) is 53.6 Å². The van der Waals surface area contributed by atoms with E-state index >= 15 is 0 Å². The van der Waals surface area contributed by atoms with Gasteiger partial charge in [0.05, 0.1) is 5.56 Å². The van der Waals surface area contributed by atoms with E-state index < -0.39 is 5.91 Å². The third kappa shape index (κ3) is 4.74. The van der Waals surface area contributed by atoms with Gasteiger partial charge in [-0.15, -0.1) is 0 Å². The van der Waals surface area contributed by atoms with Crippen LogP contribution in [0, 0.1) is 6.92 Å². The SMILES string of the molecule is CCNC(=O)COc1cccc(NC(=O)c2ccc(C)cc2O)c1. The Morgan fingerprint density at radius 2 is 1.96 bits per heavy atom. The molecule has 2 aromatic rings. The summed E-state index contributed by atoms with van der Waals surface area (Å²) in [5, 5.41) is 15.2. The van der Waals surface area contributed by atoms with Crippen molar-refractivity contribution in [3.8, 4) is 11.5 Å². The van der Waals surface area contributed by atoms with E-state index in [9.17, 15) is 14.7 Å². The second-order valence-corrected chi connectivity index (χ2v) is 5.24. The largest absolute Gasteiger partial charge is 0.507 e. The summed E-state index contributed by atoms with van der Waals surface area (Å²) >= 11 is 0. The third-order valence-corrected chi connectivity index (χ3v) is 3.23. The quantitative estimate of drug-likeness (QED) is 0.760. The second-order valence-electron chi connectivity index (χ2n) is 5.24. The van der Waals surface area contributed by atoms with Gasteiger partial charge in [-0.05, 0) is 43.7 Å². The molecule has 0 aliphatic rings. The number of benzene rings is 2. The molecule has 6 nitrogen and oxygen atoms in total. The summed E-state index contributed by atoms with van der Waals surface area (Å²) in [5.74, 6) is -0.242. The number of anilines is 1. The maximum absolute atomic E-state index is 12.2. The summed E-state index contributed by atoms with van der Waals surface area (Å²) in [6, 6.07) is 11.6. The summed E-state index contributed by atoms with van der Waals surface area (Å²) in [4.78, 5) is 23.6. The average Bonchev–Trinajstić information content (AvgIpc) is 2.53. The Kier molecular flexibility index (Phi) is 5.78. The third-order valence-electron chi connectivity index (χ3n) is 3.23. The Morgan fingerprint density at radius 3 is 2.67 bits per heavy atom. The van der Waals surface area contributed by atoms with Gasteiger partial charge in [0.2, 0.25) is 0 Å². The van der Waals surface area contributed by atoms with Crippen LogP contribution in [-0.4, -0.2) is 30.1 Å². The number of ether oxygens (including phenoxy) is 1. The van der Waals surface area contributed by atoms with E-state index in [4.69, 9.17) is 4.74 Å². The van der Waals surface area contributed by atoms with Crippen molar-refractivity contribution in [2.75, 3.05) is 18.5 Å². The van der Waals surface area contributed by atoms with Crippen LogP contribution in [-0.2, 0) is 4.79 Å². The zero-order valence-electron chi connectivity index (χ0n) is 13.6. The van der Waals surface area contributed by atoms with Gasteiger partial charge in [0.15, 0.2) is 6.61 Å². The summed E-state index contributed by atoms with van der Waals surface area (Å²) < 4.78 is 5.38. The van der Waals surface area contributed by atoms with Crippen LogP contribution in [0.25, 0.3) is 0 Å². The zero-order valence-corrected chi connectivity index (χ0v) is 13.6. The molecule has 0 spiro atoms. The normalized spacial score (nSPS) is 10.1. The van der Waals surface area contributed by atoms with Gasteiger partial charge in [-0.25, -0.2) is 0 Å². The highest BCUT2D eigenvalue weighted by Gasteiger charge is 2.11.